The van der Waals surface area contributed by atoms with Gasteiger partial charge in [-0.25, -0.2) is 0 Å². The van der Waals surface area contributed by atoms with Crippen molar-refractivity contribution >= 4 is 5.91 Å². The second kappa shape index (κ2) is 6.67. The molecule has 3 rings (SSSR count). The van der Waals surface area contributed by atoms with E-state index in [-0.39, 0.29) is 12.0 Å². The number of nitrogens with zero attached hydrogens (tertiary/aromatic N) is 2. The molecule has 2 aliphatic heterocycles. The number of rotatable bonds is 5. The molecule has 0 N–H and O–H groups in total. The van der Waals surface area contributed by atoms with Gasteiger partial charge in [-0.3, -0.25) is 9.78 Å². The first-order chi connectivity index (χ1) is 10.7. The van der Waals surface area contributed by atoms with Gasteiger partial charge in [0.1, 0.15) is 11.9 Å². The van der Waals surface area contributed by atoms with Crippen LogP contribution >= 0.6 is 0 Å². The third-order valence-corrected chi connectivity index (χ3v) is 5.22. The number of carbonyl (C=O) groups is 1. The quantitative estimate of drug-likeness (QED) is 0.837. The molecule has 0 aromatic carbocycles. The minimum Gasteiger partial charge on any atom is -0.489 e. The smallest absolute Gasteiger partial charge is 0.226 e. The van der Waals surface area contributed by atoms with Crippen molar-refractivity contribution in [1.29, 1.82) is 0 Å². The summed E-state index contributed by atoms with van der Waals surface area (Å²) < 4.78 is 6.08. The lowest BCUT2D eigenvalue weighted by molar-refractivity contribution is -0.141. The van der Waals surface area contributed by atoms with E-state index in [1.165, 1.54) is 0 Å². The van der Waals surface area contributed by atoms with Gasteiger partial charge in [-0.05, 0) is 37.8 Å². The van der Waals surface area contributed by atoms with Crippen LogP contribution < -0.4 is 4.74 Å². The van der Waals surface area contributed by atoms with Gasteiger partial charge in [-0.1, -0.05) is 13.8 Å². The number of amides is 1. The van der Waals surface area contributed by atoms with E-state index in [2.05, 4.69) is 23.7 Å². The van der Waals surface area contributed by atoms with Gasteiger partial charge < -0.3 is 9.64 Å². The van der Waals surface area contributed by atoms with E-state index >= 15 is 0 Å². The highest BCUT2D eigenvalue weighted by atomic mass is 16.5. The van der Waals surface area contributed by atoms with Crippen LogP contribution in [0.1, 0.15) is 52.4 Å². The van der Waals surface area contributed by atoms with Gasteiger partial charge in [0.2, 0.25) is 5.91 Å². The summed E-state index contributed by atoms with van der Waals surface area (Å²) in [5.74, 6) is 1.41. The van der Waals surface area contributed by atoms with Gasteiger partial charge in [0.05, 0.1) is 6.20 Å². The van der Waals surface area contributed by atoms with Crippen molar-refractivity contribution in [3.8, 4) is 5.75 Å². The molecule has 2 saturated heterocycles. The van der Waals surface area contributed by atoms with Crippen LogP contribution in [0.4, 0.5) is 0 Å². The van der Waals surface area contributed by atoms with Crippen molar-refractivity contribution in [2.75, 3.05) is 0 Å². The molecule has 4 heteroatoms. The lowest BCUT2D eigenvalue weighted by Crippen LogP contribution is -2.51. The van der Waals surface area contributed by atoms with Crippen molar-refractivity contribution < 1.29 is 9.53 Å². The summed E-state index contributed by atoms with van der Waals surface area (Å²) in [6, 6.07) is 4.59. The number of hydrogen-bond donors (Lipinski definition) is 0. The highest BCUT2D eigenvalue weighted by Gasteiger charge is 2.44. The van der Waals surface area contributed by atoms with Crippen LogP contribution in [0.5, 0.6) is 5.75 Å². The Morgan fingerprint density at radius 3 is 2.55 bits per heavy atom. The van der Waals surface area contributed by atoms with Crippen molar-refractivity contribution in [2.45, 2.75) is 70.6 Å². The molecule has 3 heterocycles. The Morgan fingerprint density at radius 2 is 2.00 bits per heavy atom. The van der Waals surface area contributed by atoms with Crippen LogP contribution in [0, 0.1) is 5.92 Å². The highest BCUT2D eigenvalue weighted by molar-refractivity contribution is 5.80. The third-order valence-electron chi connectivity index (χ3n) is 5.22. The van der Waals surface area contributed by atoms with E-state index < -0.39 is 0 Å². The molecule has 0 aliphatic carbocycles. The fourth-order valence-electron chi connectivity index (χ4n) is 4.04. The maximum absolute atomic E-state index is 12.8. The molecule has 0 radical (unpaired) electrons. The molecular weight excluding hydrogens is 276 g/mol. The zero-order valence-corrected chi connectivity index (χ0v) is 13.6. The highest BCUT2D eigenvalue weighted by Crippen LogP contribution is 2.38. The maximum atomic E-state index is 12.8. The zero-order valence-electron chi connectivity index (χ0n) is 13.6. The van der Waals surface area contributed by atoms with Crippen LogP contribution in [0.15, 0.2) is 24.5 Å². The minimum absolute atomic E-state index is 0.193. The number of piperidine rings is 1. The first-order valence-corrected chi connectivity index (χ1v) is 8.61. The van der Waals surface area contributed by atoms with Gasteiger partial charge >= 0.3 is 0 Å². The lowest BCUT2D eigenvalue weighted by Gasteiger charge is -2.40. The minimum atomic E-state index is 0.193. The van der Waals surface area contributed by atoms with Gasteiger partial charge in [-0.2, -0.15) is 0 Å². The Balaban J connectivity index is 1.65. The first-order valence-electron chi connectivity index (χ1n) is 8.61. The van der Waals surface area contributed by atoms with E-state index in [1.54, 1.807) is 12.4 Å². The van der Waals surface area contributed by atoms with Gasteiger partial charge in [-0.15, -0.1) is 0 Å². The Morgan fingerprint density at radius 1 is 1.32 bits per heavy atom. The molecule has 22 heavy (non-hydrogen) atoms. The van der Waals surface area contributed by atoms with Crippen LogP contribution in [-0.2, 0) is 4.79 Å². The fraction of sp³-hybridized carbons (Fsp3) is 0.667. The summed E-state index contributed by atoms with van der Waals surface area (Å²) in [5, 5.41) is 0. The van der Waals surface area contributed by atoms with Crippen molar-refractivity contribution in [3.05, 3.63) is 24.5 Å². The number of carbonyl (C=O) groups excluding carboxylic acids is 1. The average molecular weight is 302 g/mol. The summed E-state index contributed by atoms with van der Waals surface area (Å²) >= 11 is 0. The third kappa shape index (κ3) is 2.96. The number of fused-ring (bicyclic) bond motifs is 2. The molecule has 120 valence electrons. The SMILES string of the molecule is CCC(CC)C(=O)N1C2CCC1CC(Oc1cccnc1)C2. The molecule has 1 amide bonds. The van der Waals surface area contributed by atoms with Crippen LogP contribution in [0.2, 0.25) is 0 Å². The monoisotopic (exact) mass is 302 g/mol. The number of hydrogen-bond acceptors (Lipinski definition) is 3. The maximum Gasteiger partial charge on any atom is 0.226 e. The number of pyridine rings is 1. The van der Waals surface area contributed by atoms with Crippen molar-refractivity contribution in [3.63, 3.8) is 0 Å². The molecule has 2 fully saturated rings. The summed E-state index contributed by atoms with van der Waals surface area (Å²) in [5.41, 5.74) is 0. The van der Waals surface area contributed by atoms with Crippen LogP contribution in [0.25, 0.3) is 0 Å². The van der Waals surface area contributed by atoms with Crippen LogP contribution in [0.3, 0.4) is 0 Å². The summed E-state index contributed by atoms with van der Waals surface area (Å²) in [7, 11) is 0. The molecule has 4 nitrogen and oxygen atoms in total. The Labute approximate surface area is 132 Å². The van der Waals surface area contributed by atoms with Crippen molar-refractivity contribution in [2.24, 2.45) is 5.92 Å². The van der Waals surface area contributed by atoms with Gasteiger partial charge in [0.15, 0.2) is 0 Å². The molecule has 2 unspecified atom stereocenters. The van der Waals surface area contributed by atoms with Crippen molar-refractivity contribution in [1.82, 2.24) is 9.88 Å². The second-order valence-corrected chi connectivity index (χ2v) is 6.54. The molecule has 0 saturated carbocycles. The number of ether oxygens (including phenoxy) is 1. The van der Waals surface area contributed by atoms with Crippen LogP contribution in [-0.4, -0.2) is 34.0 Å². The Hall–Kier alpha value is -1.58. The van der Waals surface area contributed by atoms with E-state index in [9.17, 15) is 4.79 Å². The van der Waals surface area contributed by atoms with E-state index in [0.717, 1.165) is 44.3 Å². The molecule has 2 aliphatic rings. The Bertz CT molecular complexity index is 487. The standard InChI is InChI=1S/C18H26N2O2/c1-3-13(4-2)18(21)20-14-7-8-15(20)11-17(10-14)22-16-6-5-9-19-12-16/h5-6,9,12-15,17H,3-4,7-8,10-11H2,1-2H3. The fourth-order valence-corrected chi connectivity index (χ4v) is 4.04. The van der Waals surface area contributed by atoms with Gasteiger partial charge in [0.25, 0.3) is 0 Å². The number of aromatic nitrogens is 1. The average Bonchev–Trinajstić information content (AvgIpc) is 2.80. The molecule has 1 aromatic rings. The molecular formula is C18H26N2O2. The normalized spacial score (nSPS) is 27.2. The lowest BCUT2D eigenvalue weighted by atomic mass is 9.95. The predicted molar refractivity (Wildman–Crippen MR) is 85.6 cm³/mol. The Kier molecular flexibility index (Phi) is 4.65. The molecule has 1 aromatic heterocycles. The summed E-state index contributed by atoms with van der Waals surface area (Å²) in [4.78, 5) is 19.1. The second-order valence-electron chi connectivity index (χ2n) is 6.54. The summed E-state index contributed by atoms with van der Waals surface area (Å²) in [6.45, 7) is 4.23. The molecule has 2 atom stereocenters. The van der Waals surface area contributed by atoms with E-state index in [0.29, 0.717) is 18.0 Å². The molecule has 0 spiro atoms. The molecule has 2 bridgehead atoms. The van der Waals surface area contributed by atoms with Gasteiger partial charge in [0, 0.05) is 37.0 Å². The zero-order chi connectivity index (χ0) is 15.5. The predicted octanol–water partition coefficient (Wildman–Crippen LogP) is 3.42. The summed E-state index contributed by atoms with van der Waals surface area (Å²) in [6.07, 6.45) is 9.80. The first kappa shape index (κ1) is 15.3. The van der Waals surface area contributed by atoms with E-state index in [4.69, 9.17) is 4.74 Å². The topological polar surface area (TPSA) is 42.4 Å². The van der Waals surface area contributed by atoms with E-state index in [1.807, 2.05) is 12.1 Å². The largest absolute Gasteiger partial charge is 0.489 e.